The van der Waals surface area contributed by atoms with Crippen molar-refractivity contribution in [2.45, 2.75) is 13.8 Å². The fourth-order valence-electron chi connectivity index (χ4n) is 2.13. The van der Waals surface area contributed by atoms with Crippen molar-refractivity contribution in [2.24, 2.45) is 0 Å². The van der Waals surface area contributed by atoms with Crippen molar-refractivity contribution in [2.75, 3.05) is 0 Å². The van der Waals surface area contributed by atoms with Gasteiger partial charge in [-0.3, -0.25) is 0 Å². The van der Waals surface area contributed by atoms with Gasteiger partial charge in [-0.2, -0.15) is 0 Å². The second kappa shape index (κ2) is 4.85. The van der Waals surface area contributed by atoms with Gasteiger partial charge in [-0.25, -0.2) is 9.97 Å². The number of nitrogens with zero attached hydrogens (tertiary/aromatic N) is 2. The van der Waals surface area contributed by atoms with Gasteiger partial charge in [0.25, 0.3) is 0 Å². The van der Waals surface area contributed by atoms with Crippen LogP contribution < -0.4 is 0 Å². The van der Waals surface area contributed by atoms with Gasteiger partial charge in [-0.1, -0.05) is 39.7 Å². The van der Waals surface area contributed by atoms with Gasteiger partial charge in [0.15, 0.2) is 0 Å². The predicted molar refractivity (Wildman–Crippen MR) is 85.0 cm³/mol. The summed E-state index contributed by atoms with van der Waals surface area (Å²) in [4.78, 5) is 10.9. The van der Waals surface area contributed by atoms with E-state index in [1.807, 2.05) is 19.1 Å². The zero-order chi connectivity index (χ0) is 13.6. The first-order valence-electron chi connectivity index (χ1n) is 5.75. The second-order valence-corrected chi connectivity index (χ2v) is 6.76. The molecule has 3 rings (SSSR count). The van der Waals surface area contributed by atoms with E-state index in [4.69, 9.17) is 11.6 Å². The Kier molecular flexibility index (Phi) is 3.33. The van der Waals surface area contributed by atoms with E-state index >= 15 is 0 Å². The van der Waals surface area contributed by atoms with Crippen LogP contribution in [0.5, 0.6) is 0 Å². The highest BCUT2D eigenvalue weighted by molar-refractivity contribution is 9.10. The number of rotatable bonds is 1. The van der Waals surface area contributed by atoms with E-state index in [0.717, 1.165) is 25.8 Å². The summed E-state index contributed by atoms with van der Waals surface area (Å²) in [5.41, 5.74) is 2.28. The molecule has 0 unspecified atom stereocenters. The highest BCUT2D eigenvalue weighted by atomic mass is 79.9. The number of hydrogen-bond acceptors (Lipinski definition) is 3. The molecule has 96 valence electrons. The van der Waals surface area contributed by atoms with Crippen molar-refractivity contribution in [1.82, 2.24) is 9.97 Å². The van der Waals surface area contributed by atoms with Gasteiger partial charge >= 0.3 is 0 Å². The molecule has 5 heteroatoms. The van der Waals surface area contributed by atoms with Gasteiger partial charge in [-0.05, 0) is 31.5 Å². The Hall–Kier alpha value is -0.970. The highest BCUT2D eigenvalue weighted by Gasteiger charge is 2.16. The van der Waals surface area contributed by atoms with Crippen molar-refractivity contribution in [3.63, 3.8) is 0 Å². The van der Waals surface area contributed by atoms with E-state index in [2.05, 4.69) is 45.0 Å². The molecule has 0 aliphatic heterocycles. The van der Waals surface area contributed by atoms with Crippen LogP contribution in [-0.2, 0) is 0 Å². The Morgan fingerprint density at radius 1 is 1.11 bits per heavy atom. The van der Waals surface area contributed by atoms with Crippen LogP contribution in [0.15, 0.2) is 28.7 Å². The molecular formula is C14H10BrClN2S. The molecule has 2 heterocycles. The van der Waals surface area contributed by atoms with Crippen LogP contribution in [0.3, 0.4) is 0 Å². The van der Waals surface area contributed by atoms with Crippen LogP contribution in [0, 0.1) is 13.8 Å². The minimum absolute atomic E-state index is 0.532. The summed E-state index contributed by atoms with van der Waals surface area (Å²) in [7, 11) is 0. The first kappa shape index (κ1) is 13.0. The molecule has 0 saturated heterocycles. The lowest BCUT2D eigenvalue weighted by Gasteiger charge is -2.03. The molecule has 0 atom stereocenters. The van der Waals surface area contributed by atoms with Crippen molar-refractivity contribution in [1.29, 1.82) is 0 Å². The largest absolute Gasteiger partial charge is 0.222 e. The molecule has 0 spiro atoms. The number of benzene rings is 1. The van der Waals surface area contributed by atoms with Crippen molar-refractivity contribution < 1.29 is 0 Å². The SMILES string of the molecule is Cc1nc(Cl)c2c(-c3ccc(Br)cc3)c(C)sc2n1. The molecular weight excluding hydrogens is 344 g/mol. The van der Waals surface area contributed by atoms with Gasteiger partial charge in [0.05, 0.1) is 5.39 Å². The van der Waals surface area contributed by atoms with E-state index in [0.29, 0.717) is 11.0 Å². The summed E-state index contributed by atoms with van der Waals surface area (Å²) in [5, 5.41) is 1.49. The predicted octanol–water partition coefficient (Wildman–Crippen LogP) is 5.39. The number of hydrogen-bond donors (Lipinski definition) is 0. The third kappa shape index (κ3) is 2.29. The Morgan fingerprint density at radius 3 is 2.47 bits per heavy atom. The zero-order valence-corrected chi connectivity index (χ0v) is 13.5. The van der Waals surface area contributed by atoms with Gasteiger partial charge in [-0.15, -0.1) is 11.3 Å². The molecule has 0 fully saturated rings. The Balaban J connectivity index is 2.34. The molecule has 3 aromatic rings. The summed E-state index contributed by atoms with van der Waals surface area (Å²) < 4.78 is 1.06. The minimum Gasteiger partial charge on any atom is -0.222 e. The minimum atomic E-state index is 0.532. The van der Waals surface area contributed by atoms with Crippen molar-refractivity contribution in [3.05, 3.63) is 44.6 Å². The van der Waals surface area contributed by atoms with Gasteiger partial charge in [0.2, 0.25) is 0 Å². The molecule has 19 heavy (non-hydrogen) atoms. The zero-order valence-electron chi connectivity index (χ0n) is 10.4. The quantitative estimate of drug-likeness (QED) is 0.548. The standard InChI is InChI=1S/C14H10BrClN2S/c1-7-11(9-3-5-10(15)6-4-9)12-13(16)17-8(2)18-14(12)19-7/h3-6H,1-2H3. The summed E-state index contributed by atoms with van der Waals surface area (Å²) in [6, 6.07) is 8.21. The number of halogens is 2. The number of fused-ring (bicyclic) bond motifs is 1. The van der Waals surface area contributed by atoms with Crippen LogP contribution in [0.4, 0.5) is 0 Å². The summed E-state index contributed by atoms with van der Waals surface area (Å²) in [6.45, 7) is 3.95. The van der Waals surface area contributed by atoms with E-state index in [-0.39, 0.29) is 0 Å². The molecule has 0 saturated carbocycles. The monoisotopic (exact) mass is 352 g/mol. The van der Waals surface area contributed by atoms with Crippen LogP contribution in [0.25, 0.3) is 21.3 Å². The molecule has 2 aromatic heterocycles. The molecule has 0 aliphatic rings. The Morgan fingerprint density at radius 2 is 1.79 bits per heavy atom. The van der Waals surface area contributed by atoms with Gasteiger partial charge < -0.3 is 0 Å². The van der Waals surface area contributed by atoms with Crippen molar-refractivity contribution >= 4 is 49.1 Å². The molecule has 0 radical (unpaired) electrons. The maximum absolute atomic E-state index is 6.31. The van der Waals surface area contributed by atoms with E-state index in [1.54, 1.807) is 11.3 Å². The molecule has 0 bridgehead atoms. The maximum atomic E-state index is 6.31. The fourth-order valence-corrected chi connectivity index (χ4v) is 3.85. The van der Waals surface area contributed by atoms with Gasteiger partial charge in [0.1, 0.15) is 15.8 Å². The molecule has 2 nitrogen and oxygen atoms in total. The molecule has 0 amide bonds. The van der Waals surface area contributed by atoms with Crippen molar-refractivity contribution in [3.8, 4) is 11.1 Å². The third-order valence-corrected chi connectivity index (χ3v) is 4.73. The first-order chi connectivity index (χ1) is 9.06. The van der Waals surface area contributed by atoms with E-state index in [1.165, 1.54) is 4.88 Å². The topological polar surface area (TPSA) is 25.8 Å². The lowest BCUT2D eigenvalue weighted by molar-refractivity contribution is 1.10. The first-order valence-corrected chi connectivity index (χ1v) is 7.74. The summed E-state index contributed by atoms with van der Waals surface area (Å²) in [5.74, 6) is 0.709. The highest BCUT2D eigenvalue weighted by Crippen LogP contribution is 2.40. The van der Waals surface area contributed by atoms with Crippen LogP contribution in [0.1, 0.15) is 10.7 Å². The van der Waals surface area contributed by atoms with Crippen LogP contribution in [0.2, 0.25) is 5.15 Å². The van der Waals surface area contributed by atoms with Gasteiger partial charge in [0, 0.05) is 14.9 Å². The molecule has 0 aliphatic carbocycles. The van der Waals surface area contributed by atoms with E-state index in [9.17, 15) is 0 Å². The fraction of sp³-hybridized carbons (Fsp3) is 0.143. The lowest BCUT2D eigenvalue weighted by Crippen LogP contribution is -1.88. The molecule has 0 N–H and O–H groups in total. The lowest BCUT2D eigenvalue weighted by atomic mass is 10.0. The Labute approximate surface area is 128 Å². The second-order valence-electron chi connectivity index (χ2n) is 4.28. The molecule has 1 aromatic carbocycles. The maximum Gasteiger partial charge on any atom is 0.142 e. The summed E-state index contributed by atoms with van der Waals surface area (Å²) in [6.07, 6.45) is 0. The smallest absolute Gasteiger partial charge is 0.142 e. The third-order valence-electron chi connectivity index (χ3n) is 2.93. The summed E-state index contributed by atoms with van der Waals surface area (Å²) >= 11 is 11.4. The van der Waals surface area contributed by atoms with Crippen LogP contribution in [-0.4, -0.2) is 9.97 Å². The van der Waals surface area contributed by atoms with E-state index < -0.39 is 0 Å². The average Bonchev–Trinajstić information content (AvgIpc) is 2.66. The number of aryl methyl sites for hydroxylation is 2. The Bertz CT molecular complexity index is 765. The average molecular weight is 354 g/mol. The number of thiophene rings is 1. The number of aromatic nitrogens is 2. The normalized spacial score (nSPS) is 11.2. The van der Waals surface area contributed by atoms with Crippen LogP contribution >= 0.6 is 38.9 Å².